The molecule has 1 aromatic carbocycles. The Labute approximate surface area is 160 Å². The number of thioether (sulfide) groups is 1. The molecule has 0 saturated carbocycles. The maximum absolute atomic E-state index is 12.5. The number of halogens is 2. The molecule has 3 rings (SSSR count). The molecular weight excluding hydrogens is 376 g/mol. The van der Waals surface area contributed by atoms with Crippen molar-refractivity contribution < 1.29 is 18.3 Å². The van der Waals surface area contributed by atoms with Crippen LogP contribution in [0.1, 0.15) is 46.2 Å². The summed E-state index contributed by atoms with van der Waals surface area (Å²) in [4.78, 5) is 12.8. The first-order chi connectivity index (χ1) is 12.6. The molecule has 1 unspecified atom stereocenters. The molecule has 7 heteroatoms. The fraction of sp³-hybridized carbons (Fsp3) is 0.421. The Morgan fingerprint density at radius 1 is 1.35 bits per heavy atom. The van der Waals surface area contributed by atoms with Crippen molar-refractivity contribution in [3.63, 3.8) is 0 Å². The zero-order valence-corrected chi connectivity index (χ0v) is 15.9. The third-order valence-corrected chi connectivity index (χ3v) is 6.11. The van der Waals surface area contributed by atoms with Gasteiger partial charge in [-0.1, -0.05) is 36.0 Å². The summed E-state index contributed by atoms with van der Waals surface area (Å²) < 4.78 is 31.0. The molecule has 0 bridgehead atoms. The molecule has 26 heavy (non-hydrogen) atoms. The van der Waals surface area contributed by atoms with Gasteiger partial charge in [-0.15, -0.1) is 11.3 Å². The molecule has 0 aliphatic heterocycles. The van der Waals surface area contributed by atoms with Crippen LogP contribution in [0.25, 0.3) is 0 Å². The Kier molecular flexibility index (Phi) is 7.05. The van der Waals surface area contributed by atoms with Crippen molar-refractivity contribution in [3.8, 4) is 0 Å². The van der Waals surface area contributed by atoms with Gasteiger partial charge in [0.2, 0.25) is 0 Å². The van der Waals surface area contributed by atoms with E-state index in [4.69, 9.17) is 4.74 Å². The van der Waals surface area contributed by atoms with E-state index in [2.05, 4.69) is 23.5 Å². The van der Waals surface area contributed by atoms with Crippen LogP contribution in [0.15, 0.2) is 40.6 Å². The highest BCUT2D eigenvalue weighted by Gasteiger charge is 2.20. The van der Waals surface area contributed by atoms with Gasteiger partial charge in [-0.25, -0.2) is 0 Å². The summed E-state index contributed by atoms with van der Waals surface area (Å²) in [5.74, 6) is -2.82. The average Bonchev–Trinajstić information content (AvgIpc) is 3.09. The number of fused-ring (bicyclic) bond motifs is 1. The van der Waals surface area contributed by atoms with Gasteiger partial charge in [0.15, 0.2) is 0 Å². The van der Waals surface area contributed by atoms with Gasteiger partial charge < -0.3 is 10.1 Å². The lowest BCUT2D eigenvalue weighted by Gasteiger charge is -2.25. The maximum atomic E-state index is 12.5. The number of hydrogen-bond acceptors (Lipinski definition) is 4. The minimum atomic E-state index is -2.53. The minimum Gasteiger partial charge on any atom is -0.373 e. The number of aryl methyl sites for hydroxylation is 1. The highest BCUT2D eigenvalue weighted by Crippen LogP contribution is 2.33. The first-order valence-corrected chi connectivity index (χ1v) is 10.4. The average molecular weight is 398 g/mol. The van der Waals surface area contributed by atoms with Gasteiger partial charge in [-0.2, -0.15) is 8.78 Å². The van der Waals surface area contributed by atoms with Crippen LogP contribution in [0.5, 0.6) is 0 Å². The largest absolute Gasteiger partial charge is 0.373 e. The Morgan fingerprint density at radius 2 is 2.19 bits per heavy atom. The number of amides is 1. The predicted molar refractivity (Wildman–Crippen MR) is 101 cm³/mol. The van der Waals surface area contributed by atoms with E-state index in [1.54, 1.807) is 11.4 Å². The number of benzene rings is 1. The Hall–Kier alpha value is -1.44. The fourth-order valence-electron chi connectivity index (χ4n) is 3.11. The second kappa shape index (κ2) is 9.48. The van der Waals surface area contributed by atoms with Crippen LogP contribution < -0.4 is 5.32 Å². The summed E-state index contributed by atoms with van der Waals surface area (Å²) in [6.07, 6.45) is 4.06. The summed E-state index contributed by atoms with van der Waals surface area (Å²) in [7, 11) is 0. The number of hydrogen-bond donors (Lipinski definition) is 1. The number of carbonyl (C=O) groups excluding carboxylic acids is 1. The van der Waals surface area contributed by atoms with E-state index in [9.17, 15) is 13.6 Å². The monoisotopic (exact) mass is 397 g/mol. The molecular formula is C19H21F2NO2S2. The topological polar surface area (TPSA) is 38.3 Å². The quantitative estimate of drug-likeness (QED) is 0.487. The molecule has 1 aliphatic carbocycles. The van der Waals surface area contributed by atoms with Gasteiger partial charge in [0, 0.05) is 18.0 Å². The molecule has 0 spiro atoms. The van der Waals surface area contributed by atoms with Crippen molar-refractivity contribution in [1.82, 2.24) is 5.32 Å². The van der Waals surface area contributed by atoms with Gasteiger partial charge in [-0.05, 0) is 48.3 Å². The molecule has 140 valence electrons. The predicted octanol–water partition coefficient (Wildman–Crippen LogP) is 5.28. The van der Waals surface area contributed by atoms with Gasteiger partial charge in [0.25, 0.3) is 11.7 Å². The van der Waals surface area contributed by atoms with Gasteiger partial charge in [0.05, 0.1) is 6.10 Å². The van der Waals surface area contributed by atoms with E-state index in [1.807, 2.05) is 6.07 Å². The summed E-state index contributed by atoms with van der Waals surface area (Å²) >= 11 is 1.59. The van der Waals surface area contributed by atoms with Crippen molar-refractivity contribution in [2.24, 2.45) is 0 Å². The SMILES string of the molecule is O=C(NCCCOC1CCCc2ccccc21)c1sccc1SC(F)F. The van der Waals surface area contributed by atoms with Gasteiger partial charge >= 0.3 is 0 Å². The Morgan fingerprint density at radius 3 is 3.04 bits per heavy atom. The standard InChI is InChI=1S/C19H21F2NO2S2/c20-19(21)26-16-9-12-25-17(16)18(23)22-10-4-11-24-15-8-3-6-13-5-1-2-7-14(13)15/h1-2,5,7,9,12,15,19H,3-4,6,8,10-11H2,(H,22,23). The molecule has 1 aromatic heterocycles. The highest BCUT2D eigenvalue weighted by atomic mass is 32.2. The van der Waals surface area contributed by atoms with Crippen LogP contribution >= 0.6 is 23.1 Å². The van der Waals surface area contributed by atoms with Crippen LogP contribution in [-0.2, 0) is 11.2 Å². The second-order valence-electron chi connectivity index (χ2n) is 6.05. The summed E-state index contributed by atoms with van der Waals surface area (Å²) in [5.41, 5.74) is 2.63. The number of alkyl halides is 2. The third kappa shape index (κ3) is 5.05. The first-order valence-electron chi connectivity index (χ1n) is 8.65. The molecule has 1 aliphatic rings. The van der Waals surface area contributed by atoms with Crippen LogP contribution in [0.2, 0.25) is 0 Å². The zero-order chi connectivity index (χ0) is 18.4. The van der Waals surface area contributed by atoms with E-state index >= 15 is 0 Å². The van der Waals surface area contributed by atoms with Crippen molar-refractivity contribution in [2.75, 3.05) is 13.2 Å². The molecule has 1 amide bonds. The Balaban J connectivity index is 1.41. The smallest absolute Gasteiger partial charge is 0.288 e. The van der Waals surface area contributed by atoms with E-state index in [0.29, 0.717) is 41.1 Å². The summed E-state index contributed by atoms with van der Waals surface area (Å²) in [6.45, 7) is 1.02. The maximum Gasteiger partial charge on any atom is 0.288 e. The van der Waals surface area contributed by atoms with Gasteiger partial charge in [0.1, 0.15) is 4.88 Å². The van der Waals surface area contributed by atoms with E-state index in [-0.39, 0.29) is 12.0 Å². The molecule has 0 radical (unpaired) electrons. The lowest BCUT2D eigenvalue weighted by Crippen LogP contribution is -2.25. The molecule has 0 fully saturated rings. The molecule has 1 atom stereocenters. The van der Waals surface area contributed by atoms with E-state index in [0.717, 1.165) is 19.3 Å². The van der Waals surface area contributed by atoms with E-state index in [1.165, 1.54) is 22.5 Å². The first kappa shape index (κ1) is 19.3. The van der Waals surface area contributed by atoms with Crippen molar-refractivity contribution >= 4 is 29.0 Å². The van der Waals surface area contributed by atoms with Crippen LogP contribution in [-0.4, -0.2) is 24.8 Å². The number of nitrogens with one attached hydrogen (secondary N) is 1. The molecule has 3 nitrogen and oxygen atoms in total. The summed E-state index contributed by atoms with van der Waals surface area (Å²) in [6, 6.07) is 9.93. The normalized spacial score (nSPS) is 16.5. The van der Waals surface area contributed by atoms with Crippen LogP contribution in [0.3, 0.4) is 0 Å². The molecule has 1 N–H and O–H groups in total. The fourth-order valence-corrected chi connectivity index (χ4v) is 4.73. The van der Waals surface area contributed by atoms with Crippen molar-refractivity contribution in [1.29, 1.82) is 0 Å². The third-order valence-electron chi connectivity index (χ3n) is 4.29. The lowest BCUT2D eigenvalue weighted by molar-refractivity contribution is 0.0393. The zero-order valence-electron chi connectivity index (χ0n) is 14.3. The molecule has 0 saturated heterocycles. The van der Waals surface area contributed by atoms with E-state index < -0.39 is 5.76 Å². The molecule has 2 aromatic rings. The van der Waals surface area contributed by atoms with Crippen LogP contribution in [0, 0.1) is 0 Å². The number of rotatable bonds is 8. The second-order valence-corrected chi connectivity index (χ2v) is 8.00. The number of thiophene rings is 1. The summed E-state index contributed by atoms with van der Waals surface area (Å²) in [5, 5.41) is 4.44. The highest BCUT2D eigenvalue weighted by molar-refractivity contribution is 7.99. The van der Waals surface area contributed by atoms with Crippen molar-refractivity contribution in [2.45, 2.75) is 42.4 Å². The van der Waals surface area contributed by atoms with Crippen LogP contribution in [0.4, 0.5) is 8.78 Å². The van der Waals surface area contributed by atoms with Crippen molar-refractivity contribution in [3.05, 3.63) is 51.7 Å². The molecule has 1 heterocycles. The number of ether oxygens (including phenoxy) is 1. The lowest BCUT2D eigenvalue weighted by atomic mass is 9.89. The number of carbonyl (C=O) groups is 1. The minimum absolute atomic E-state index is 0.127. The Bertz CT molecular complexity index is 736. The van der Waals surface area contributed by atoms with Gasteiger partial charge in [-0.3, -0.25) is 4.79 Å².